The van der Waals surface area contributed by atoms with E-state index in [0.29, 0.717) is 41.2 Å². The van der Waals surface area contributed by atoms with Gasteiger partial charge in [0.15, 0.2) is 5.65 Å². The maximum absolute atomic E-state index is 13.0. The van der Waals surface area contributed by atoms with E-state index in [-0.39, 0.29) is 17.4 Å². The number of nitrogens with one attached hydrogen (secondary N) is 2. The Bertz CT molecular complexity index is 1280. The number of aromatic nitrogens is 6. The van der Waals surface area contributed by atoms with Crippen LogP contribution in [0.5, 0.6) is 0 Å². The summed E-state index contributed by atoms with van der Waals surface area (Å²) in [6, 6.07) is 9.14. The highest BCUT2D eigenvalue weighted by molar-refractivity contribution is 5.95. The highest BCUT2D eigenvalue weighted by Gasteiger charge is 2.26. The van der Waals surface area contributed by atoms with Crippen molar-refractivity contribution < 1.29 is 4.79 Å². The van der Waals surface area contributed by atoms with Gasteiger partial charge in [0.2, 0.25) is 11.9 Å². The van der Waals surface area contributed by atoms with Gasteiger partial charge in [0, 0.05) is 31.4 Å². The van der Waals surface area contributed by atoms with Crippen molar-refractivity contribution in [2.24, 2.45) is 5.92 Å². The summed E-state index contributed by atoms with van der Waals surface area (Å²) in [6.45, 7) is 1.44. The number of fused-ring (bicyclic) bond motifs is 1. The average Bonchev–Trinajstić information content (AvgIpc) is 3.25. The predicted octanol–water partition coefficient (Wildman–Crippen LogP) is 1.75. The highest BCUT2D eigenvalue weighted by atomic mass is 16.2. The van der Waals surface area contributed by atoms with E-state index in [9.17, 15) is 9.59 Å². The zero-order chi connectivity index (χ0) is 21.2. The van der Waals surface area contributed by atoms with Gasteiger partial charge in [-0.15, -0.1) is 0 Å². The van der Waals surface area contributed by atoms with Crippen LogP contribution >= 0.6 is 0 Å². The summed E-state index contributed by atoms with van der Waals surface area (Å²) >= 11 is 0. The number of benzene rings is 1. The zero-order valence-electron chi connectivity index (χ0n) is 16.6. The summed E-state index contributed by atoms with van der Waals surface area (Å²) in [4.78, 5) is 42.4. The molecule has 3 aromatic heterocycles. The van der Waals surface area contributed by atoms with Crippen LogP contribution in [0.3, 0.4) is 0 Å². The normalized spacial score (nSPS) is 14.6. The number of amides is 1. The minimum Gasteiger partial charge on any atom is -0.341 e. The first-order valence-corrected chi connectivity index (χ1v) is 10.0. The first kappa shape index (κ1) is 18.9. The van der Waals surface area contributed by atoms with Gasteiger partial charge in [-0.3, -0.25) is 9.59 Å². The van der Waals surface area contributed by atoms with Crippen LogP contribution in [0.15, 0.2) is 60.0 Å². The Kier molecular flexibility index (Phi) is 4.87. The molecule has 0 aliphatic carbocycles. The van der Waals surface area contributed by atoms with E-state index in [0.717, 1.165) is 13.1 Å². The van der Waals surface area contributed by atoms with Crippen LogP contribution in [0.2, 0.25) is 0 Å². The molecule has 4 heterocycles. The van der Waals surface area contributed by atoms with Crippen molar-refractivity contribution in [3.05, 3.63) is 65.6 Å². The van der Waals surface area contributed by atoms with Gasteiger partial charge in [0.05, 0.1) is 23.9 Å². The molecule has 4 aromatic rings. The number of H-pyrrole nitrogens is 1. The topological polar surface area (TPSA) is 122 Å². The Labute approximate surface area is 177 Å². The number of para-hydroxylation sites is 2. The van der Waals surface area contributed by atoms with Crippen molar-refractivity contribution >= 4 is 28.6 Å². The van der Waals surface area contributed by atoms with E-state index in [1.54, 1.807) is 23.1 Å². The Morgan fingerprint density at radius 1 is 1.06 bits per heavy atom. The lowest BCUT2D eigenvalue weighted by molar-refractivity contribution is -0.120. The Morgan fingerprint density at radius 3 is 2.65 bits per heavy atom. The van der Waals surface area contributed by atoms with Crippen LogP contribution in [0.25, 0.3) is 16.7 Å². The standard InChI is InChI=1S/C21H20N8O2/c30-19(14-6-10-28(11-7-14)21-22-8-3-9-23-21)27-16-4-1-2-5-17(16)29-18-15(12-26-29)20(31)25-13-24-18/h1-5,8-9,12-14H,6-7,10-11H2,(H,27,30)(H,24,25,31). The molecule has 31 heavy (non-hydrogen) atoms. The maximum atomic E-state index is 13.0. The molecule has 0 radical (unpaired) electrons. The number of hydrogen-bond acceptors (Lipinski definition) is 7. The molecule has 156 valence electrons. The van der Waals surface area contributed by atoms with Crippen molar-refractivity contribution in [2.45, 2.75) is 12.8 Å². The molecule has 0 bridgehead atoms. The van der Waals surface area contributed by atoms with Crippen LogP contribution in [0.4, 0.5) is 11.6 Å². The van der Waals surface area contributed by atoms with Crippen molar-refractivity contribution in [3.63, 3.8) is 0 Å². The van der Waals surface area contributed by atoms with Gasteiger partial charge >= 0.3 is 0 Å². The smallest absolute Gasteiger partial charge is 0.261 e. The monoisotopic (exact) mass is 416 g/mol. The molecule has 0 unspecified atom stereocenters. The van der Waals surface area contributed by atoms with Crippen LogP contribution in [-0.2, 0) is 4.79 Å². The molecule has 10 heteroatoms. The minimum absolute atomic E-state index is 0.0386. The van der Waals surface area contributed by atoms with E-state index in [1.807, 2.05) is 24.3 Å². The molecule has 1 aromatic carbocycles. The average molecular weight is 416 g/mol. The SMILES string of the molecule is O=C(Nc1ccccc1-n1ncc2c(=O)[nH]cnc21)C1CCN(c2ncccn2)CC1. The largest absolute Gasteiger partial charge is 0.341 e. The number of hydrogen-bond donors (Lipinski definition) is 2. The van der Waals surface area contributed by atoms with Crippen LogP contribution < -0.4 is 15.8 Å². The van der Waals surface area contributed by atoms with Gasteiger partial charge in [-0.25, -0.2) is 19.6 Å². The molecule has 2 N–H and O–H groups in total. The lowest BCUT2D eigenvalue weighted by Crippen LogP contribution is -2.39. The van der Waals surface area contributed by atoms with E-state index in [2.05, 4.69) is 35.3 Å². The third-order valence-corrected chi connectivity index (χ3v) is 5.46. The number of carbonyl (C=O) groups excluding carboxylic acids is 1. The lowest BCUT2D eigenvalue weighted by atomic mass is 9.96. The molecule has 1 fully saturated rings. The number of nitrogens with zero attached hydrogens (tertiary/aromatic N) is 6. The van der Waals surface area contributed by atoms with Crippen molar-refractivity contribution in [1.82, 2.24) is 29.7 Å². The second-order valence-electron chi connectivity index (χ2n) is 7.34. The first-order chi connectivity index (χ1) is 15.2. The molecular weight excluding hydrogens is 396 g/mol. The van der Waals surface area contributed by atoms with Crippen LogP contribution in [-0.4, -0.2) is 48.7 Å². The fourth-order valence-electron chi connectivity index (χ4n) is 3.83. The lowest BCUT2D eigenvalue weighted by Gasteiger charge is -2.31. The van der Waals surface area contributed by atoms with Gasteiger partial charge in [0.1, 0.15) is 5.39 Å². The Hall–Kier alpha value is -4.08. The summed E-state index contributed by atoms with van der Waals surface area (Å²) < 4.78 is 1.57. The number of piperidine rings is 1. The summed E-state index contributed by atoms with van der Waals surface area (Å²) in [5.74, 6) is 0.548. The molecule has 5 rings (SSSR count). The van der Waals surface area contributed by atoms with Gasteiger partial charge < -0.3 is 15.2 Å². The third-order valence-electron chi connectivity index (χ3n) is 5.46. The molecule has 0 spiro atoms. The fraction of sp³-hybridized carbons (Fsp3) is 0.238. The summed E-state index contributed by atoms with van der Waals surface area (Å²) in [5, 5.41) is 7.74. The van der Waals surface area contributed by atoms with Gasteiger partial charge in [0.25, 0.3) is 5.56 Å². The van der Waals surface area contributed by atoms with Crippen molar-refractivity contribution in [3.8, 4) is 5.69 Å². The summed E-state index contributed by atoms with van der Waals surface area (Å²) in [6.07, 6.45) is 7.69. The predicted molar refractivity (Wildman–Crippen MR) is 115 cm³/mol. The molecule has 1 saturated heterocycles. The van der Waals surface area contributed by atoms with Crippen LogP contribution in [0.1, 0.15) is 12.8 Å². The number of rotatable bonds is 4. The van der Waals surface area contributed by atoms with Crippen molar-refractivity contribution in [1.29, 1.82) is 0 Å². The Balaban J connectivity index is 1.34. The van der Waals surface area contributed by atoms with Gasteiger partial charge in [-0.05, 0) is 31.0 Å². The fourth-order valence-corrected chi connectivity index (χ4v) is 3.83. The quantitative estimate of drug-likeness (QED) is 0.520. The second kappa shape index (κ2) is 7.98. The number of carbonyl (C=O) groups is 1. The molecule has 10 nitrogen and oxygen atoms in total. The minimum atomic E-state index is -0.257. The summed E-state index contributed by atoms with van der Waals surface area (Å²) in [7, 11) is 0. The van der Waals surface area contributed by atoms with E-state index < -0.39 is 0 Å². The van der Waals surface area contributed by atoms with E-state index in [1.165, 1.54) is 12.5 Å². The van der Waals surface area contributed by atoms with E-state index in [4.69, 9.17) is 0 Å². The first-order valence-electron chi connectivity index (χ1n) is 10.0. The Morgan fingerprint density at radius 2 is 1.84 bits per heavy atom. The van der Waals surface area contributed by atoms with E-state index >= 15 is 0 Å². The number of aromatic amines is 1. The summed E-state index contributed by atoms with van der Waals surface area (Å²) in [5.41, 5.74) is 1.45. The van der Waals surface area contributed by atoms with Crippen molar-refractivity contribution in [2.75, 3.05) is 23.3 Å². The van der Waals surface area contributed by atoms with Gasteiger partial charge in [-0.2, -0.15) is 5.10 Å². The molecule has 0 atom stereocenters. The molecule has 1 aliphatic heterocycles. The second-order valence-corrected chi connectivity index (χ2v) is 7.34. The molecule has 1 aliphatic rings. The maximum Gasteiger partial charge on any atom is 0.261 e. The highest BCUT2D eigenvalue weighted by Crippen LogP contribution is 2.25. The molecule has 1 amide bonds. The molecule has 0 saturated carbocycles. The van der Waals surface area contributed by atoms with Gasteiger partial charge in [-0.1, -0.05) is 12.1 Å². The zero-order valence-corrected chi connectivity index (χ0v) is 16.6. The molecular formula is C21H20N8O2. The van der Waals surface area contributed by atoms with Crippen LogP contribution in [0, 0.1) is 5.92 Å². The number of anilines is 2. The third kappa shape index (κ3) is 3.63.